The van der Waals surface area contributed by atoms with Gasteiger partial charge in [0.2, 0.25) is 0 Å². The first-order valence-electron chi connectivity index (χ1n) is 24.1. The number of nitrogens with zero attached hydrogens (tertiary/aromatic N) is 5. The molecule has 0 aliphatic carbocycles. The van der Waals surface area contributed by atoms with Crippen molar-refractivity contribution in [3.05, 3.63) is 273 Å². The normalized spacial score (nSPS) is 11.1. The second kappa shape index (κ2) is 19.7. The average Bonchev–Trinajstić information content (AvgIpc) is 3.48. The Morgan fingerprint density at radius 2 is 0.389 bits per heavy atom. The van der Waals surface area contributed by atoms with Gasteiger partial charge in [-0.25, -0.2) is 24.9 Å². The Morgan fingerprint density at radius 3 is 0.806 bits per heavy atom. The quantitative estimate of drug-likeness (QED) is 0.129. The molecule has 0 fully saturated rings. The molecular formula is C67H45N5. The molecule has 12 aromatic rings. The monoisotopic (exact) mass is 919 g/mol. The summed E-state index contributed by atoms with van der Waals surface area (Å²) in [4.78, 5) is 26.1. The van der Waals surface area contributed by atoms with E-state index in [1.165, 1.54) is 0 Å². The van der Waals surface area contributed by atoms with Crippen molar-refractivity contribution in [1.29, 1.82) is 0 Å². The van der Waals surface area contributed by atoms with Crippen LogP contribution in [0, 0.1) is 0 Å². The van der Waals surface area contributed by atoms with E-state index in [4.69, 9.17) is 24.9 Å². The molecule has 0 saturated heterocycles. The highest BCUT2D eigenvalue weighted by Crippen LogP contribution is 2.37. The van der Waals surface area contributed by atoms with Crippen LogP contribution in [0.15, 0.2) is 273 Å². The van der Waals surface area contributed by atoms with Gasteiger partial charge in [0, 0.05) is 33.4 Å². The van der Waals surface area contributed by atoms with E-state index >= 15 is 0 Å². The fourth-order valence-corrected chi connectivity index (χ4v) is 9.23. The van der Waals surface area contributed by atoms with Crippen molar-refractivity contribution in [2.24, 2.45) is 0 Å². The SMILES string of the molecule is c1ccc(-c2cc(-c3ccccc3)cc(-c3cc(-c4cccc(-c5cccc(-c6nc(-c7ccccc7)nc(-c7cc(-c8ccccc8)cc(-c8ccccc8)c7)n6)c5)c4)nc(-c4ccccc4)n3)c2)cc1. The van der Waals surface area contributed by atoms with Crippen LogP contribution in [-0.4, -0.2) is 24.9 Å². The molecule has 0 atom stereocenters. The van der Waals surface area contributed by atoms with E-state index in [2.05, 4.69) is 212 Å². The molecule has 0 saturated carbocycles. The summed E-state index contributed by atoms with van der Waals surface area (Å²) in [6.45, 7) is 0. The minimum absolute atomic E-state index is 0.587. The number of benzene rings is 10. The van der Waals surface area contributed by atoms with Crippen molar-refractivity contribution >= 4 is 0 Å². The number of hydrogen-bond acceptors (Lipinski definition) is 5. The molecule has 338 valence electrons. The van der Waals surface area contributed by atoms with Crippen molar-refractivity contribution in [2.45, 2.75) is 0 Å². The maximum atomic E-state index is 5.26. The summed E-state index contributed by atoms with van der Waals surface area (Å²) in [7, 11) is 0. The van der Waals surface area contributed by atoms with Gasteiger partial charge in [0.15, 0.2) is 23.3 Å². The van der Waals surface area contributed by atoms with Gasteiger partial charge in [0.1, 0.15) is 0 Å². The Hall–Kier alpha value is -9.71. The average molecular weight is 920 g/mol. The lowest BCUT2D eigenvalue weighted by Crippen LogP contribution is -2.00. The molecule has 0 unspecified atom stereocenters. The van der Waals surface area contributed by atoms with Crippen molar-refractivity contribution in [2.75, 3.05) is 0 Å². The summed E-state index contributed by atoms with van der Waals surface area (Å²) in [5.41, 5.74) is 18.3. The molecule has 0 radical (unpaired) electrons. The van der Waals surface area contributed by atoms with Crippen molar-refractivity contribution in [3.63, 3.8) is 0 Å². The molecule has 2 aromatic heterocycles. The summed E-state index contributed by atoms with van der Waals surface area (Å²) in [6, 6.07) is 94.9. The van der Waals surface area contributed by atoms with Crippen LogP contribution in [-0.2, 0) is 0 Å². The molecule has 12 rings (SSSR count). The van der Waals surface area contributed by atoms with Gasteiger partial charge < -0.3 is 0 Å². The van der Waals surface area contributed by atoms with Crippen LogP contribution in [0.3, 0.4) is 0 Å². The maximum Gasteiger partial charge on any atom is 0.164 e. The Balaban J connectivity index is 0.962. The van der Waals surface area contributed by atoms with Crippen LogP contribution in [0.4, 0.5) is 0 Å². The van der Waals surface area contributed by atoms with Gasteiger partial charge >= 0.3 is 0 Å². The van der Waals surface area contributed by atoms with Crippen molar-refractivity contribution in [1.82, 2.24) is 24.9 Å². The van der Waals surface area contributed by atoms with E-state index in [-0.39, 0.29) is 0 Å². The van der Waals surface area contributed by atoms with Crippen molar-refractivity contribution < 1.29 is 0 Å². The fraction of sp³-hybridized carbons (Fsp3) is 0. The molecular weight excluding hydrogens is 875 g/mol. The van der Waals surface area contributed by atoms with E-state index in [9.17, 15) is 0 Å². The smallest absolute Gasteiger partial charge is 0.164 e. The first-order chi connectivity index (χ1) is 35.6. The molecule has 72 heavy (non-hydrogen) atoms. The molecule has 2 heterocycles. The van der Waals surface area contributed by atoms with Gasteiger partial charge in [-0.1, -0.05) is 218 Å². The summed E-state index contributed by atoms with van der Waals surface area (Å²) < 4.78 is 0. The highest BCUT2D eigenvalue weighted by molar-refractivity contribution is 5.84. The lowest BCUT2D eigenvalue weighted by Gasteiger charge is -2.14. The summed E-state index contributed by atoms with van der Waals surface area (Å²) >= 11 is 0. The molecule has 5 heteroatoms. The standard InChI is InChI=1S/C67H45N5/c1-7-21-46(22-8-1)56-39-57(47-23-9-2-10-24-47)42-60(41-56)63-45-62(68-64(69-63)50-29-15-5-16-30-50)54-35-19-33-52(37-54)53-34-20-36-55(38-53)66-70-65(51-31-17-6-18-32-51)71-67(72-66)61-43-58(48-25-11-3-12-26-48)40-59(44-61)49-27-13-4-14-28-49/h1-45H. The van der Waals surface area contributed by atoms with E-state index in [0.717, 1.165) is 100 Å². The Morgan fingerprint density at radius 1 is 0.139 bits per heavy atom. The zero-order chi connectivity index (χ0) is 48.1. The third-order valence-electron chi connectivity index (χ3n) is 12.9. The summed E-state index contributed by atoms with van der Waals surface area (Å²) in [5, 5.41) is 0. The summed E-state index contributed by atoms with van der Waals surface area (Å²) in [5.74, 6) is 2.45. The fourth-order valence-electron chi connectivity index (χ4n) is 9.23. The van der Waals surface area contributed by atoms with Crippen LogP contribution in [0.25, 0.3) is 124 Å². The number of rotatable bonds is 11. The van der Waals surface area contributed by atoms with Gasteiger partial charge in [0.05, 0.1) is 11.4 Å². The largest absolute Gasteiger partial charge is 0.228 e. The third-order valence-corrected chi connectivity index (χ3v) is 12.9. The van der Waals surface area contributed by atoms with Crippen LogP contribution in [0.5, 0.6) is 0 Å². The number of hydrogen-bond donors (Lipinski definition) is 0. The van der Waals surface area contributed by atoms with E-state index < -0.39 is 0 Å². The minimum Gasteiger partial charge on any atom is -0.228 e. The lowest BCUT2D eigenvalue weighted by atomic mass is 9.94. The van der Waals surface area contributed by atoms with Gasteiger partial charge in [-0.2, -0.15) is 0 Å². The highest BCUT2D eigenvalue weighted by atomic mass is 15.0. The van der Waals surface area contributed by atoms with Crippen LogP contribution < -0.4 is 0 Å². The second-order valence-corrected chi connectivity index (χ2v) is 17.7. The predicted octanol–water partition coefficient (Wildman–Crippen LogP) is 17.0. The van der Waals surface area contributed by atoms with Crippen molar-refractivity contribution in [3.8, 4) is 124 Å². The molecule has 0 aliphatic rings. The van der Waals surface area contributed by atoms with E-state index in [1.807, 2.05) is 60.7 Å². The lowest BCUT2D eigenvalue weighted by molar-refractivity contribution is 1.07. The Kier molecular flexibility index (Phi) is 11.9. The zero-order valence-electron chi connectivity index (χ0n) is 39.2. The Labute approximate surface area is 419 Å². The molecule has 0 N–H and O–H groups in total. The van der Waals surface area contributed by atoms with E-state index in [1.54, 1.807) is 0 Å². The minimum atomic E-state index is 0.587. The van der Waals surface area contributed by atoms with E-state index in [0.29, 0.717) is 23.3 Å². The Bertz CT molecular complexity index is 3460. The van der Waals surface area contributed by atoms with Crippen LogP contribution >= 0.6 is 0 Å². The maximum absolute atomic E-state index is 5.26. The summed E-state index contributed by atoms with van der Waals surface area (Å²) in [6.07, 6.45) is 0. The van der Waals surface area contributed by atoms with Gasteiger partial charge in [-0.05, 0) is 110 Å². The predicted molar refractivity (Wildman–Crippen MR) is 295 cm³/mol. The molecule has 10 aromatic carbocycles. The topological polar surface area (TPSA) is 64.5 Å². The first-order valence-corrected chi connectivity index (χ1v) is 24.1. The first kappa shape index (κ1) is 43.6. The second-order valence-electron chi connectivity index (χ2n) is 17.7. The zero-order valence-corrected chi connectivity index (χ0v) is 39.2. The van der Waals surface area contributed by atoms with Crippen LogP contribution in [0.1, 0.15) is 0 Å². The van der Waals surface area contributed by atoms with Gasteiger partial charge in [0.25, 0.3) is 0 Å². The van der Waals surface area contributed by atoms with Crippen LogP contribution in [0.2, 0.25) is 0 Å². The molecule has 0 bridgehead atoms. The highest BCUT2D eigenvalue weighted by Gasteiger charge is 2.18. The molecule has 0 amide bonds. The molecule has 5 nitrogen and oxygen atoms in total. The van der Waals surface area contributed by atoms with Gasteiger partial charge in [-0.15, -0.1) is 0 Å². The molecule has 0 aliphatic heterocycles. The molecule has 0 spiro atoms. The number of aromatic nitrogens is 5. The van der Waals surface area contributed by atoms with Gasteiger partial charge in [-0.3, -0.25) is 0 Å². The third kappa shape index (κ3) is 9.38.